The summed E-state index contributed by atoms with van der Waals surface area (Å²) in [7, 11) is 0. The second-order valence-electron chi connectivity index (χ2n) is 2.95. The van der Waals surface area contributed by atoms with E-state index in [9.17, 15) is 0 Å². The molecule has 0 aromatic carbocycles. The molecule has 1 rings (SSSR count). The minimum atomic E-state index is 0.478. The molecule has 0 bridgehead atoms. The first-order valence-electron chi connectivity index (χ1n) is 4.04. The zero-order chi connectivity index (χ0) is 7.56. The van der Waals surface area contributed by atoms with Gasteiger partial charge in [0.25, 0.3) is 0 Å². The average Bonchev–Trinajstić information content (AvgIpc) is 1.94. The van der Waals surface area contributed by atoms with Crippen LogP contribution in [0.3, 0.4) is 0 Å². The van der Waals surface area contributed by atoms with Crippen LogP contribution < -0.4 is 5.32 Å². The Bertz CT molecular complexity index is 140. The minimum Gasteiger partial charge on any atom is -0.307 e. The fraction of sp³-hybridized carbons (Fsp3) is 0.875. The molecule has 1 N–H and O–H groups in total. The molecule has 1 aliphatic heterocycles. The predicted octanol–water partition coefficient (Wildman–Crippen LogP) is 1.22. The van der Waals surface area contributed by atoms with E-state index in [4.69, 9.17) is 0 Å². The van der Waals surface area contributed by atoms with Crippen LogP contribution in [0.25, 0.3) is 0 Å². The molecule has 2 nitrogen and oxygen atoms in total. The SMILES string of the molecule is CCC1=NC(C)CNC1C. The first kappa shape index (κ1) is 7.73. The van der Waals surface area contributed by atoms with Crippen molar-refractivity contribution in [2.45, 2.75) is 39.3 Å². The van der Waals surface area contributed by atoms with E-state index in [0.29, 0.717) is 12.1 Å². The van der Waals surface area contributed by atoms with Crippen molar-refractivity contribution in [2.75, 3.05) is 6.54 Å². The summed E-state index contributed by atoms with van der Waals surface area (Å²) >= 11 is 0. The summed E-state index contributed by atoms with van der Waals surface area (Å²) in [6, 6.07) is 0.979. The second-order valence-corrected chi connectivity index (χ2v) is 2.95. The van der Waals surface area contributed by atoms with Gasteiger partial charge in [-0.3, -0.25) is 4.99 Å². The lowest BCUT2D eigenvalue weighted by atomic mass is 10.1. The number of hydrogen-bond donors (Lipinski definition) is 1. The highest BCUT2D eigenvalue weighted by molar-refractivity contribution is 5.89. The summed E-state index contributed by atoms with van der Waals surface area (Å²) in [5.74, 6) is 0. The predicted molar refractivity (Wildman–Crippen MR) is 44.7 cm³/mol. The first-order chi connectivity index (χ1) is 4.74. The van der Waals surface area contributed by atoms with Crippen molar-refractivity contribution in [1.29, 1.82) is 0 Å². The molecule has 0 saturated carbocycles. The largest absolute Gasteiger partial charge is 0.307 e. The van der Waals surface area contributed by atoms with Crippen LogP contribution in [0.1, 0.15) is 27.2 Å². The van der Waals surface area contributed by atoms with Gasteiger partial charge in [0.05, 0.1) is 6.04 Å². The Balaban J connectivity index is 2.62. The maximum atomic E-state index is 4.54. The molecule has 0 amide bonds. The van der Waals surface area contributed by atoms with Crippen molar-refractivity contribution in [2.24, 2.45) is 4.99 Å². The van der Waals surface area contributed by atoms with Crippen LogP contribution in [-0.4, -0.2) is 24.3 Å². The molecule has 0 spiro atoms. The summed E-state index contributed by atoms with van der Waals surface area (Å²) in [4.78, 5) is 4.54. The summed E-state index contributed by atoms with van der Waals surface area (Å²) in [6.07, 6.45) is 1.08. The van der Waals surface area contributed by atoms with Gasteiger partial charge in [0, 0.05) is 18.3 Å². The summed E-state index contributed by atoms with van der Waals surface area (Å²) in [5, 5.41) is 3.40. The molecule has 2 heteroatoms. The van der Waals surface area contributed by atoms with Crippen molar-refractivity contribution < 1.29 is 0 Å². The van der Waals surface area contributed by atoms with E-state index >= 15 is 0 Å². The Hall–Kier alpha value is -0.370. The molecule has 2 atom stereocenters. The summed E-state index contributed by atoms with van der Waals surface area (Å²) in [6.45, 7) is 7.52. The van der Waals surface area contributed by atoms with E-state index in [1.807, 2.05) is 0 Å². The van der Waals surface area contributed by atoms with Gasteiger partial charge in [0.2, 0.25) is 0 Å². The van der Waals surface area contributed by atoms with Crippen molar-refractivity contribution in [3.63, 3.8) is 0 Å². The summed E-state index contributed by atoms with van der Waals surface area (Å²) in [5.41, 5.74) is 1.32. The molecular formula is C8H16N2. The quantitative estimate of drug-likeness (QED) is 0.582. The zero-order valence-electron chi connectivity index (χ0n) is 7.02. The Morgan fingerprint density at radius 1 is 1.60 bits per heavy atom. The molecule has 0 fully saturated rings. The molecule has 0 saturated heterocycles. The van der Waals surface area contributed by atoms with Gasteiger partial charge in [0.1, 0.15) is 0 Å². The average molecular weight is 140 g/mol. The number of nitrogens with one attached hydrogen (secondary N) is 1. The Morgan fingerprint density at radius 2 is 2.30 bits per heavy atom. The van der Waals surface area contributed by atoms with Gasteiger partial charge in [-0.05, 0) is 20.3 Å². The monoisotopic (exact) mass is 140 g/mol. The summed E-state index contributed by atoms with van der Waals surface area (Å²) < 4.78 is 0. The number of nitrogens with zero attached hydrogens (tertiary/aromatic N) is 1. The van der Waals surface area contributed by atoms with Gasteiger partial charge in [-0.1, -0.05) is 6.92 Å². The van der Waals surface area contributed by atoms with E-state index in [2.05, 4.69) is 31.1 Å². The fourth-order valence-corrected chi connectivity index (χ4v) is 1.30. The Morgan fingerprint density at radius 3 is 2.80 bits per heavy atom. The molecular weight excluding hydrogens is 124 g/mol. The normalized spacial score (nSPS) is 33.7. The third-order valence-corrected chi connectivity index (χ3v) is 1.97. The number of aliphatic imine (C=N–C) groups is 1. The van der Waals surface area contributed by atoms with Crippen LogP contribution in [0.15, 0.2) is 4.99 Å². The van der Waals surface area contributed by atoms with Gasteiger partial charge in [-0.2, -0.15) is 0 Å². The molecule has 0 aromatic heterocycles. The van der Waals surface area contributed by atoms with E-state index in [-0.39, 0.29) is 0 Å². The van der Waals surface area contributed by atoms with Crippen LogP contribution in [0.4, 0.5) is 0 Å². The van der Waals surface area contributed by atoms with Crippen molar-refractivity contribution in [3.8, 4) is 0 Å². The smallest absolute Gasteiger partial charge is 0.0596 e. The van der Waals surface area contributed by atoms with Crippen molar-refractivity contribution >= 4 is 5.71 Å². The lowest BCUT2D eigenvalue weighted by molar-refractivity contribution is 0.551. The molecule has 2 unspecified atom stereocenters. The van der Waals surface area contributed by atoms with E-state index < -0.39 is 0 Å². The van der Waals surface area contributed by atoms with E-state index in [0.717, 1.165) is 13.0 Å². The maximum Gasteiger partial charge on any atom is 0.0596 e. The number of hydrogen-bond acceptors (Lipinski definition) is 2. The van der Waals surface area contributed by atoms with Crippen LogP contribution in [0, 0.1) is 0 Å². The van der Waals surface area contributed by atoms with E-state index in [1.165, 1.54) is 5.71 Å². The highest BCUT2D eigenvalue weighted by Gasteiger charge is 2.15. The Labute approximate surface area is 62.7 Å². The number of rotatable bonds is 1. The molecule has 0 aliphatic carbocycles. The van der Waals surface area contributed by atoms with Crippen LogP contribution >= 0.6 is 0 Å². The lowest BCUT2D eigenvalue weighted by Gasteiger charge is -2.24. The van der Waals surface area contributed by atoms with Crippen LogP contribution in [0.2, 0.25) is 0 Å². The standard InChI is InChI=1S/C8H16N2/c1-4-8-7(3)9-5-6(2)10-8/h6-7,9H,4-5H2,1-3H3. The van der Waals surface area contributed by atoms with Gasteiger partial charge in [0.15, 0.2) is 0 Å². The molecule has 0 radical (unpaired) electrons. The molecule has 58 valence electrons. The maximum absolute atomic E-state index is 4.54. The second kappa shape index (κ2) is 3.15. The highest BCUT2D eigenvalue weighted by Crippen LogP contribution is 2.03. The van der Waals surface area contributed by atoms with Crippen molar-refractivity contribution in [3.05, 3.63) is 0 Å². The molecule has 10 heavy (non-hydrogen) atoms. The minimum absolute atomic E-state index is 0.478. The van der Waals surface area contributed by atoms with Gasteiger partial charge in [-0.15, -0.1) is 0 Å². The van der Waals surface area contributed by atoms with Gasteiger partial charge in [-0.25, -0.2) is 0 Å². The van der Waals surface area contributed by atoms with Gasteiger partial charge >= 0.3 is 0 Å². The first-order valence-corrected chi connectivity index (χ1v) is 4.04. The van der Waals surface area contributed by atoms with Crippen molar-refractivity contribution in [1.82, 2.24) is 5.32 Å². The third-order valence-electron chi connectivity index (χ3n) is 1.97. The highest BCUT2D eigenvalue weighted by atomic mass is 15.0. The molecule has 1 heterocycles. The fourth-order valence-electron chi connectivity index (χ4n) is 1.30. The third kappa shape index (κ3) is 1.57. The van der Waals surface area contributed by atoms with Crippen LogP contribution in [-0.2, 0) is 0 Å². The van der Waals surface area contributed by atoms with Gasteiger partial charge < -0.3 is 5.32 Å². The molecule has 0 aromatic rings. The van der Waals surface area contributed by atoms with E-state index in [1.54, 1.807) is 0 Å². The Kier molecular flexibility index (Phi) is 2.44. The molecule has 1 aliphatic rings. The zero-order valence-corrected chi connectivity index (χ0v) is 7.02. The lowest BCUT2D eigenvalue weighted by Crippen LogP contribution is -2.42. The topological polar surface area (TPSA) is 24.4 Å². The van der Waals surface area contributed by atoms with Crippen LogP contribution in [0.5, 0.6) is 0 Å².